The van der Waals surface area contributed by atoms with Gasteiger partial charge in [-0.3, -0.25) is 4.72 Å². The predicted molar refractivity (Wildman–Crippen MR) is 89.4 cm³/mol. The zero-order valence-electron chi connectivity index (χ0n) is 12.4. The molecule has 0 unspecified atom stereocenters. The van der Waals surface area contributed by atoms with Crippen LogP contribution in [0.25, 0.3) is 10.8 Å². The Balaban J connectivity index is 2.02. The Hall–Kier alpha value is -2.73. The number of fused-ring (bicyclic) bond motifs is 1. The number of benzene rings is 3. The number of rotatable bonds is 4. The van der Waals surface area contributed by atoms with E-state index in [4.69, 9.17) is 4.74 Å². The molecule has 0 aromatic heterocycles. The van der Waals surface area contributed by atoms with Gasteiger partial charge in [0.15, 0.2) is 0 Å². The minimum absolute atomic E-state index is 0.0537. The van der Waals surface area contributed by atoms with Gasteiger partial charge in [-0.25, -0.2) is 8.42 Å². The Morgan fingerprint density at radius 3 is 2.43 bits per heavy atom. The van der Waals surface area contributed by atoms with E-state index in [1.165, 1.54) is 25.3 Å². The summed E-state index contributed by atoms with van der Waals surface area (Å²) >= 11 is 0. The maximum Gasteiger partial charge on any atom is 0.262 e. The van der Waals surface area contributed by atoms with Crippen molar-refractivity contribution in [3.05, 3.63) is 60.7 Å². The summed E-state index contributed by atoms with van der Waals surface area (Å²) in [6.45, 7) is 0. The van der Waals surface area contributed by atoms with Gasteiger partial charge in [0.05, 0.1) is 17.7 Å². The van der Waals surface area contributed by atoms with E-state index < -0.39 is 10.0 Å². The van der Waals surface area contributed by atoms with Gasteiger partial charge in [-0.1, -0.05) is 30.3 Å². The Labute approximate surface area is 134 Å². The first-order valence-electron chi connectivity index (χ1n) is 6.88. The third-order valence-corrected chi connectivity index (χ3v) is 4.82. The van der Waals surface area contributed by atoms with Crippen molar-refractivity contribution in [2.24, 2.45) is 0 Å². The number of phenolic OH excluding ortho intramolecular Hbond substituents is 1. The molecule has 0 aliphatic heterocycles. The molecule has 6 heteroatoms. The van der Waals surface area contributed by atoms with Crippen LogP contribution in [0, 0.1) is 0 Å². The van der Waals surface area contributed by atoms with Crippen molar-refractivity contribution in [2.75, 3.05) is 11.8 Å². The average molecular weight is 329 g/mol. The SMILES string of the molecule is COc1ccc(O)cc1NS(=O)(=O)c1ccc2ccccc2c1. The van der Waals surface area contributed by atoms with Crippen molar-refractivity contribution in [2.45, 2.75) is 4.90 Å². The highest BCUT2D eigenvalue weighted by molar-refractivity contribution is 7.92. The number of anilines is 1. The summed E-state index contributed by atoms with van der Waals surface area (Å²) < 4.78 is 32.7. The highest BCUT2D eigenvalue weighted by atomic mass is 32.2. The van der Waals surface area contributed by atoms with E-state index in [0.29, 0.717) is 5.75 Å². The fourth-order valence-electron chi connectivity index (χ4n) is 2.31. The highest BCUT2D eigenvalue weighted by Crippen LogP contribution is 2.30. The number of ether oxygens (including phenoxy) is 1. The molecule has 0 spiro atoms. The summed E-state index contributed by atoms with van der Waals surface area (Å²) in [5, 5.41) is 11.3. The van der Waals surface area contributed by atoms with Gasteiger partial charge in [0.2, 0.25) is 0 Å². The summed E-state index contributed by atoms with van der Waals surface area (Å²) in [6, 6.07) is 16.6. The van der Waals surface area contributed by atoms with E-state index >= 15 is 0 Å². The normalized spacial score (nSPS) is 11.3. The molecule has 5 nitrogen and oxygen atoms in total. The summed E-state index contributed by atoms with van der Waals surface area (Å²) in [6.07, 6.45) is 0. The average Bonchev–Trinajstić information content (AvgIpc) is 2.54. The van der Waals surface area contributed by atoms with Crippen LogP contribution in [0.4, 0.5) is 5.69 Å². The molecule has 0 aliphatic carbocycles. The van der Waals surface area contributed by atoms with Crippen LogP contribution in [0.1, 0.15) is 0 Å². The number of phenols is 1. The van der Waals surface area contributed by atoms with Crippen LogP contribution in [-0.2, 0) is 10.0 Å². The fraction of sp³-hybridized carbons (Fsp3) is 0.0588. The quantitative estimate of drug-likeness (QED) is 0.769. The van der Waals surface area contributed by atoms with Gasteiger partial charge in [-0.15, -0.1) is 0 Å². The van der Waals surface area contributed by atoms with Gasteiger partial charge in [0, 0.05) is 6.07 Å². The summed E-state index contributed by atoms with van der Waals surface area (Å²) in [5.74, 6) is 0.272. The maximum atomic E-state index is 12.6. The molecule has 3 rings (SSSR count). The van der Waals surface area contributed by atoms with Crippen LogP contribution >= 0.6 is 0 Å². The lowest BCUT2D eigenvalue weighted by Gasteiger charge is -2.12. The van der Waals surface area contributed by atoms with Gasteiger partial charge in [-0.2, -0.15) is 0 Å². The van der Waals surface area contributed by atoms with Crippen molar-refractivity contribution in [1.82, 2.24) is 0 Å². The van der Waals surface area contributed by atoms with Crippen LogP contribution in [0.2, 0.25) is 0 Å². The second-order valence-electron chi connectivity index (χ2n) is 5.00. The number of hydrogen-bond donors (Lipinski definition) is 2. The minimum atomic E-state index is -3.80. The second kappa shape index (κ2) is 5.81. The molecular weight excluding hydrogens is 314 g/mol. The first-order chi connectivity index (χ1) is 11.0. The van der Waals surface area contributed by atoms with Crippen molar-refractivity contribution in [3.8, 4) is 11.5 Å². The van der Waals surface area contributed by atoms with Crippen molar-refractivity contribution >= 4 is 26.5 Å². The van der Waals surface area contributed by atoms with Crippen molar-refractivity contribution in [3.63, 3.8) is 0 Å². The molecule has 23 heavy (non-hydrogen) atoms. The van der Waals surface area contributed by atoms with Crippen LogP contribution in [0.3, 0.4) is 0 Å². The number of methoxy groups -OCH3 is 1. The molecule has 0 atom stereocenters. The van der Waals surface area contributed by atoms with Crippen LogP contribution in [0.5, 0.6) is 11.5 Å². The van der Waals surface area contributed by atoms with Gasteiger partial charge < -0.3 is 9.84 Å². The standard InChI is InChI=1S/C17H15NO4S/c1-22-17-9-7-14(19)11-16(17)18-23(20,21)15-8-6-12-4-2-3-5-13(12)10-15/h2-11,18-19H,1H3. The number of aromatic hydroxyl groups is 1. The van der Waals surface area contributed by atoms with Gasteiger partial charge in [0.25, 0.3) is 10.0 Å². The number of sulfonamides is 1. The molecular formula is C17H15NO4S. The van der Waals surface area contributed by atoms with E-state index in [9.17, 15) is 13.5 Å². The van der Waals surface area contributed by atoms with E-state index in [2.05, 4.69) is 4.72 Å². The number of hydrogen-bond acceptors (Lipinski definition) is 4. The fourth-order valence-corrected chi connectivity index (χ4v) is 3.41. The van der Waals surface area contributed by atoms with Crippen molar-refractivity contribution < 1.29 is 18.3 Å². The lowest BCUT2D eigenvalue weighted by molar-refractivity contribution is 0.414. The first kappa shape index (κ1) is 15.2. The summed E-state index contributed by atoms with van der Waals surface area (Å²) in [7, 11) is -2.36. The smallest absolute Gasteiger partial charge is 0.262 e. The Kier molecular flexibility index (Phi) is 3.83. The van der Waals surface area contributed by atoms with E-state index in [-0.39, 0.29) is 16.3 Å². The molecule has 0 aliphatic rings. The molecule has 0 fully saturated rings. The molecule has 0 saturated heterocycles. The second-order valence-corrected chi connectivity index (χ2v) is 6.68. The monoisotopic (exact) mass is 329 g/mol. The van der Waals surface area contributed by atoms with E-state index in [1.54, 1.807) is 18.2 Å². The first-order valence-corrected chi connectivity index (χ1v) is 8.36. The Morgan fingerprint density at radius 1 is 0.957 bits per heavy atom. The number of nitrogens with one attached hydrogen (secondary N) is 1. The molecule has 118 valence electrons. The van der Waals surface area contributed by atoms with Gasteiger partial charge in [-0.05, 0) is 35.0 Å². The zero-order chi connectivity index (χ0) is 16.4. The lowest BCUT2D eigenvalue weighted by Crippen LogP contribution is -2.13. The van der Waals surface area contributed by atoms with E-state index in [0.717, 1.165) is 10.8 Å². The molecule has 0 saturated carbocycles. The molecule has 3 aromatic carbocycles. The largest absolute Gasteiger partial charge is 0.508 e. The van der Waals surface area contributed by atoms with Crippen LogP contribution in [-0.4, -0.2) is 20.6 Å². The van der Waals surface area contributed by atoms with Gasteiger partial charge in [0.1, 0.15) is 11.5 Å². The predicted octanol–water partition coefficient (Wildman–Crippen LogP) is 3.35. The molecule has 0 heterocycles. The topological polar surface area (TPSA) is 75.6 Å². The minimum Gasteiger partial charge on any atom is -0.508 e. The molecule has 2 N–H and O–H groups in total. The van der Waals surface area contributed by atoms with Crippen molar-refractivity contribution in [1.29, 1.82) is 0 Å². The third-order valence-electron chi connectivity index (χ3n) is 3.46. The molecule has 0 bridgehead atoms. The van der Waals surface area contributed by atoms with E-state index in [1.807, 2.05) is 24.3 Å². The van der Waals surface area contributed by atoms with Crippen LogP contribution in [0.15, 0.2) is 65.6 Å². The Morgan fingerprint density at radius 2 is 1.70 bits per heavy atom. The third kappa shape index (κ3) is 3.07. The molecule has 0 amide bonds. The zero-order valence-corrected chi connectivity index (χ0v) is 13.2. The van der Waals surface area contributed by atoms with Gasteiger partial charge >= 0.3 is 0 Å². The summed E-state index contributed by atoms with van der Waals surface area (Å²) in [4.78, 5) is 0.140. The highest BCUT2D eigenvalue weighted by Gasteiger charge is 2.17. The molecule has 0 radical (unpaired) electrons. The lowest BCUT2D eigenvalue weighted by atomic mass is 10.1. The van der Waals surface area contributed by atoms with Crippen LogP contribution < -0.4 is 9.46 Å². The molecule has 3 aromatic rings. The Bertz CT molecular complexity index is 967. The maximum absolute atomic E-state index is 12.6. The summed E-state index contributed by atoms with van der Waals surface area (Å²) in [5.41, 5.74) is 0.181.